The Kier molecular flexibility index (Phi) is 5.63. The van der Waals surface area contributed by atoms with E-state index in [1.165, 1.54) is 0 Å². The SMILES string of the molecule is Cc1cc(Cl)ccc1NC(=O)C(CN)CC(C)C. The van der Waals surface area contributed by atoms with Gasteiger partial charge in [-0.1, -0.05) is 25.4 Å². The highest BCUT2D eigenvalue weighted by atomic mass is 35.5. The van der Waals surface area contributed by atoms with E-state index in [0.29, 0.717) is 17.5 Å². The predicted octanol–water partition coefficient (Wildman–Crippen LogP) is 3.21. The molecule has 0 saturated carbocycles. The molecule has 0 fully saturated rings. The van der Waals surface area contributed by atoms with Crippen molar-refractivity contribution in [2.24, 2.45) is 17.6 Å². The van der Waals surface area contributed by atoms with E-state index in [2.05, 4.69) is 19.2 Å². The maximum Gasteiger partial charge on any atom is 0.228 e. The van der Waals surface area contributed by atoms with Crippen LogP contribution in [0.1, 0.15) is 25.8 Å². The Labute approximate surface area is 114 Å². The molecule has 0 aliphatic heterocycles. The number of hydrogen-bond donors (Lipinski definition) is 2. The molecule has 1 atom stereocenters. The first kappa shape index (κ1) is 15.0. The van der Waals surface area contributed by atoms with E-state index in [1.807, 2.05) is 19.1 Å². The predicted molar refractivity (Wildman–Crippen MR) is 76.8 cm³/mol. The van der Waals surface area contributed by atoms with E-state index in [0.717, 1.165) is 17.7 Å². The number of anilines is 1. The van der Waals surface area contributed by atoms with Crippen molar-refractivity contribution in [2.75, 3.05) is 11.9 Å². The summed E-state index contributed by atoms with van der Waals surface area (Å²) in [7, 11) is 0. The Morgan fingerprint density at radius 1 is 1.44 bits per heavy atom. The van der Waals surface area contributed by atoms with Crippen molar-refractivity contribution < 1.29 is 4.79 Å². The molecule has 3 N–H and O–H groups in total. The molecule has 0 saturated heterocycles. The average molecular weight is 269 g/mol. The Balaban J connectivity index is 2.73. The molecule has 0 aromatic heterocycles. The van der Waals surface area contributed by atoms with Crippen molar-refractivity contribution in [3.63, 3.8) is 0 Å². The molecule has 18 heavy (non-hydrogen) atoms. The van der Waals surface area contributed by atoms with Crippen LogP contribution in [0.2, 0.25) is 5.02 Å². The van der Waals surface area contributed by atoms with Crippen LogP contribution in [0.25, 0.3) is 0 Å². The van der Waals surface area contributed by atoms with E-state index in [4.69, 9.17) is 17.3 Å². The van der Waals surface area contributed by atoms with Gasteiger partial charge < -0.3 is 11.1 Å². The molecule has 1 aromatic carbocycles. The first-order valence-electron chi connectivity index (χ1n) is 6.21. The van der Waals surface area contributed by atoms with Gasteiger partial charge >= 0.3 is 0 Å². The van der Waals surface area contributed by atoms with Gasteiger partial charge in [0.05, 0.1) is 5.92 Å². The van der Waals surface area contributed by atoms with E-state index in [-0.39, 0.29) is 11.8 Å². The summed E-state index contributed by atoms with van der Waals surface area (Å²) in [6.45, 7) is 6.46. The van der Waals surface area contributed by atoms with Gasteiger partial charge in [0.2, 0.25) is 5.91 Å². The van der Waals surface area contributed by atoms with Gasteiger partial charge in [0.25, 0.3) is 0 Å². The van der Waals surface area contributed by atoms with Crippen molar-refractivity contribution in [1.29, 1.82) is 0 Å². The lowest BCUT2D eigenvalue weighted by molar-refractivity contribution is -0.120. The maximum absolute atomic E-state index is 12.1. The zero-order chi connectivity index (χ0) is 13.7. The number of carbonyl (C=O) groups excluding carboxylic acids is 1. The Hall–Kier alpha value is -1.06. The minimum atomic E-state index is -0.139. The fourth-order valence-electron chi connectivity index (χ4n) is 1.88. The third-order valence-corrected chi connectivity index (χ3v) is 3.09. The molecule has 0 aliphatic carbocycles. The highest BCUT2D eigenvalue weighted by molar-refractivity contribution is 6.30. The summed E-state index contributed by atoms with van der Waals surface area (Å²) >= 11 is 5.88. The van der Waals surface area contributed by atoms with Crippen molar-refractivity contribution in [1.82, 2.24) is 0 Å². The van der Waals surface area contributed by atoms with E-state index < -0.39 is 0 Å². The fourth-order valence-corrected chi connectivity index (χ4v) is 2.11. The lowest BCUT2D eigenvalue weighted by Crippen LogP contribution is -2.30. The molecule has 100 valence electrons. The summed E-state index contributed by atoms with van der Waals surface area (Å²) in [5, 5.41) is 3.59. The molecule has 4 heteroatoms. The molecule has 0 spiro atoms. The van der Waals surface area contributed by atoms with Crippen LogP contribution >= 0.6 is 11.6 Å². The summed E-state index contributed by atoms with van der Waals surface area (Å²) in [4.78, 5) is 12.1. The van der Waals surface area contributed by atoms with E-state index >= 15 is 0 Å². The molecule has 3 nitrogen and oxygen atoms in total. The Bertz CT molecular complexity index is 418. The topological polar surface area (TPSA) is 55.1 Å². The molecular weight excluding hydrogens is 248 g/mol. The number of benzene rings is 1. The molecular formula is C14H21ClN2O. The summed E-state index contributed by atoms with van der Waals surface area (Å²) in [6.07, 6.45) is 0.801. The number of carbonyl (C=O) groups is 1. The number of rotatable bonds is 5. The molecule has 1 aromatic rings. The van der Waals surface area contributed by atoms with Gasteiger partial charge in [-0.05, 0) is 43.0 Å². The zero-order valence-corrected chi connectivity index (χ0v) is 11.9. The van der Waals surface area contributed by atoms with E-state index in [1.54, 1.807) is 6.07 Å². The third-order valence-electron chi connectivity index (χ3n) is 2.86. The summed E-state index contributed by atoms with van der Waals surface area (Å²) < 4.78 is 0. The first-order chi connectivity index (χ1) is 8.43. The Morgan fingerprint density at radius 2 is 2.11 bits per heavy atom. The number of amides is 1. The smallest absolute Gasteiger partial charge is 0.228 e. The van der Waals surface area contributed by atoms with Crippen LogP contribution in [0.5, 0.6) is 0 Å². The molecule has 1 unspecified atom stereocenters. The lowest BCUT2D eigenvalue weighted by atomic mass is 9.96. The Morgan fingerprint density at radius 3 is 2.61 bits per heavy atom. The minimum absolute atomic E-state index is 0.0170. The monoisotopic (exact) mass is 268 g/mol. The maximum atomic E-state index is 12.1. The fraction of sp³-hybridized carbons (Fsp3) is 0.500. The highest BCUT2D eigenvalue weighted by Gasteiger charge is 2.18. The van der Waals surface area contributed by atoms with Crippen LogP contribution in [0.3, 0.4) is 0 Å². The van der Waals surface area contributed by atoms with Gasteiger partial charge in [-0.15, -0.1) is 0 Å². The number of nitrogens with one attached hydrogen (secondary N) is 1. The van der Waals surface area contributed by atoms with Crippen molar-refractivity contribution in [3.05, 3.63) is 28.8 Å². The normalized spacial score (nSPS) is 12.6. The number of nitrogens with two attached hydrogens (primary N) is 1. The van der Waals surface area contributed by atoms with Crippen LogP contribution in [-0.4, -0.2) is 12.5 Å². The second kappa shape index (κ2) is 6.76. The summed E-state index contributed by atoms with van der Waals surface area (Å²) in [6, 6.07) is 5.42. The molecule has 1 rings (SSSR count). The second-order valence-corrected chi connectivity index (χ2v) is 5.45. The highest BCUT2D eigenvalue weighted by Crippen LogP contribution is 2.21. The first-order valence-corrected chi connectivity index (χ1v) is 6.59. The minimum Gasteiger partial charge on any atom is -0.330 e. The van der Waals surface area contributed by atoms with Gasteiger partial charge in [-0.3, -0.25) is 4.79 Å². The lowest BCUT2D eigenvalue weighted by Gasteiger charge is -2.17. The summed E-state index contributed by atoms with van der Waals surface area (Å²) in [5.74, 6) is 0.298. The van der Waals surface area contributed by atoms with Crippen LogP contribution < -0.4 is 11.1 Å². The van der Waals surface area contributed by atoms with Gasteiger partial charge in [0.1, 0.15) is 0 Å². The standard InChI is InChI=1S/C14H21ClN2O/c1-9(2)6-11(8-16)14(18)17-13-5-4-12(15)7-10(13)3/h4-5,7,9,11H,6,8,16H2,1-3H3,(H,17,18). The van der Waals surface area contributed by atoms with Crippen LogP contribution in [0, 0.1) is 18.8 Å². The van der Waals surface area contributed by atoms with Crippen LogP contribution in [-0.2, 0) is 4.79 Å². The van der Waals surface area contributed by atoms with Gasteiger partial charge in [-0.25, -0.2) is 0 Å². The van der Waals surface area contributed by atoms with Crippen LogP contribution in [0.15, 0.2) is 18.2 Å². The zero-order valence-electron chi connectivity index (χ0n) is 11.2. The average Bonchev–Trinajstić information content (AvgIpc) is 2.29. The molecule has 0 aliphatic rings. The number of hydrogen-bond acceptors (Lipinski definition) is 2. The van der Waals surface area contributed by atoms with Crippen molar-refractivity contribution >= 4 is 23.2 Å². The third kappa shape index (κ3) is 4.31. The van der Waals surface area contributed by atoms with E-state index in [9.17, 15) is 4.79 Å². The molecule has 1 amide bonds. The van der Waals surface area contributed by atoms with Gasteiger partial charge in [0, 0.05) is 17.3 Å². The molecule has 0 heterocycles. The number of halogens is 1. The van der Waals surface area contributed by atoms with Gasteiger partial charge in [0.15, 0.2) is 0 Å². The number of aryl methyl sites for hydroxylation is 1. The molecule has 0 bridgehead atoms. The second-order valence-electron chi connectivity index (χ2n) is 5.01. The largest absolute Gasteiger partial charge is 0.330 e. The molecule has 0 radical (unpaired) electrons. The van der Waals surface area contributed by atoms with Crippen molar-refractivity contribution in [3.8, 4) is 0 Å². The van der Waals surface area contributed by atoms with Crippen molar-refractivity contribution in [2.45, 2.75) is 27.2 Å². The van der Waals surface area contributed by atoms with Gasteiger partial charge in [-0.2, -0.15) is 0 Å². The summed E-state index contributed by atoms with van der Waals surface area (Å²) in [5.41, 5.74) is 7.41. The van der Waals surface area contributed by atoms with Crippen LogP contribution in [0.4, 0.5) is 5.69 Å². The quantitative estimate of drug-likeness (QED) is 0.862.